The Hall–Kier alpha value is -2.57. The van der Waals surface area contributed by atoms with Gasteiger partial charge in [0.2, 0.25) is 5.91 Å². The van der Waals surface area contributed by atoms with E-state index in [2.05, 4.69) is 40.0 Å². The van der Waals surface area contributed by atoms with Crippen molar-refractivity contribution in [2.24, 2.45) is 0 Å². The van der Waals surface area contributed by atoms with Crippen molar-refractivity contribution in [3.8, 4) is 0 Å². The second kappa shape index (κ2) is 8.63. The van der Waals surface area contributed by atoms with Crippen LogP contribution in [0.25, 0.3) is 0 Å². The first kappa shape index (κ1) is 18.8. The maximum Gasteiger partial charge on any atom is 0.248 e. The smallest absolute Gasteiger partial charge is 0.248 e. The summed E-state index contributed by atoms with van der Waals surface area (Å²) in [5, 5.41) is 10.9. The lowest BCUT2D eigenvalue weighted by molar-refractivity contribution is -0.132. The molecule has 3 aromatic rings. The molecule has 1 amide bonds. The molecular weight excluding hydrogens is 368 g/mol. The third kappa shape index (κ3) is 3.98. The van der Waals surface area contributed by atoms with Crippen LogP contribution < -0.4 is 10.6 Å². The van der Waals surface area contributed by atoms with Gasteiger partial charge in [0.1, 0.15) is 5.54 Å². The van der Waals surface area contributed by atoms with Gasteiger partial charge in [0, 0.05) is 28.7 Å². The van der Waals surface area contributed by atoms with E-state index >= 15 is 0 Å². The van der Waals surface area contributed by atoms with Gasteiger partial charge in [-0.05, 0) is 55.8 Å². The Kier molecular flexibility index (Phi) is 5.78. The zero-order chi connectivity index (χ0) is 19.2. The van der Waals surface area contributed by atoms with Gasteiger partial charge in [-0.2, -0.15) is 5.10 Å². The highest BCUT2D eigenvalue weighted by Gasteiger charge is 2.41. The Morgan fingerprint density at radius 2 is 1.82 bits per heavy atom. The maximum absolute atomic E-state index is 13.3. The van der Waals surface area contributed by atoms with Crippen LogP contribution in [0.15, 0.2) is 82.8 Å². The van der Waals surface area contributed by atoms with Gasteiger partial charge in [-0.15, -0.1) is 0 Å². The van der Waals surface area contributed by atoms with Crippen LogP contribution in [0.5, 0.6) is 0 Å². The molecule has 4 rings (SSSR count). The number of benzene rings is 2. The summed E-state index contributed by atoms with van der Waals surface area (Å²) in [5.41, 5.74) is 0.505. The van der Waals surface area contributed by atoms with Crippen LogP contribution in [0.3, 0.4) is 0 Å². The average molecular weight is 393 g/mol. The van der Waals surface area contributed by atoms with Gasteiger partial charge in [0.25, 0.3) is 0 Å². The molecule has 1 aliphatic heterocycles. The average Bonchev–Trinajstić information content (AvgIpc) is 3.30. The first-order valence-corrected chi connectivity index (χ1v) is 10.4. The first-order chi connectivity index (χ1) is 13.8. The number of nitrogens with zero attached hydrogens (tertiary/aromatic N) is 2. The lowest BCUT2D eigenvalue weighted by atomic mass is 9.87. The number of aromatic nitrogens is 2. The van der Waals surface area contributed by atoms with E-state index in [1.807, 2.05) is 47.3 Å². The van der Waals surface area contributed by atoms with Crippen molar-refractivity contribution in [2.45, 2.75) is 34.7 Å². The molecule has 0 bridgehead atoms. The Morgan fingerprint density at radius 3 is 2.57 bits per heavy atom. The van der Waals surface area contributed by atoms with Crippen LogP contribution in [0.4, 0.5) is 0 Å². The highest BCUT2D eigenvalue weighted by Crippen LogP contribution is 2.31. The number of carbonyl (C=O) groups is 1. The zero-order valence-electron chi connectivity index (χ0n) is 15.7. The molecule has 0 unspecified atom stereocenters. The van der Waals surface area contributed by atoms with Crippen LogP contribution in [-0.4, -0.2) is 28.8 Å². The van der Waals surface area contributed by atoms with Crippen molar-refractivity contribution in [1.29, 1.82) is 0 Å². The molecular formula is C22H24N4OS. The minimum atomic E-state index is -0.615. The fourth-order valence-electron chi connectivity index (χ4n) is 3.63. The molecule has 1 fully saturated rings. The number of amides is 1. The van der Waals surface area contributed by atoms with Crippen LogP contribution >= 0.6 is 11.8 Å². The van der Waals surface area contributed by atoms with E-state index in [0.29, 0.717) is 6.54 Å². The standard InChI is InChI=1S/C22H24N4OS/c27-21(22(11-14-23-15-12-22)26-16-6-13-25-26)24-17-18-7-4-5-10-20(18)28-19-8-2-1-3-9-19/h1-10,13,16,23H,11-12,14-15,17H2,(H,24,27). The van der Waals surface area contributed by atoms with Gasteiger partial charge in [-0.3, -0.25) is 9.48 Å². The molecule has 5 nitrogen and oxygen atoms in total. The quantitative estimate of drug-likeness (QED) is 0.675. The monoisotopic (exact) mass is 392 g/mol. The van der Waals surface area contributed by atoms with E-state index in [-0.39, 0.29) is 5.91 Å². The number of nitrogens with one attached hydrogen (secondary N) is 2. The molecule has 1 aliphatic rings. The predicted octanol–water partition coefficient (Wildman–Crippen LogP) is 3.43. The Balaban J connectivity index is 1.50. The van der Waals surface area contributed by atoms with Crippen molar-refractivity contribution in [3.63, 3.8) is 0 Å². The summed E-state index contributed by atoms with van der Waals surface area (Å²) in [4.78, 5) is 15.6. The van der Waals surface area contributed by atoms with Gasteiger partial charge in [0.05, 0.1) is 0 Å². The van der Waals surface area contributed by atoms with E-state index in [1.165, 1.54) is 4.90 Å². The minimum Gasteiger partial charge on any atom is -0.350 e. The number of carbonyl (C=O) groups excluding carboxylic acids is 1. The predicted molar refractivity (Wildman–Crippen MR) is 111 cm³/mol. The van der Waals surface area contributed by atoms with Crippen molar-refractivity contribution in [3.05, 3.63) is 78.6 Å². The number of piperidine rings is 1. The third-order valence-corrected chi connectivity index (χ3v) is 6.31. The van der Waals surface area contributed by atoms with Crippen LogP contribution in [-0.2, 0) is 16.9 Å². The lowest BCUT2D eigenvalue weighted by Crippen LogP contribution is -2.54. The van der Waals surface area contributed by atoms with Crippen molar-refractivity contribution >= 4 is 17.7 Å². The van der Waals surface area contributed by atoms with Gasteiger partial charge >= 0.3 is 0 Å². The first-order valence-electron chi connectivity index (χ1n) is 9.58. The molecule has 0 atom stereocenters. The van der Waals surface area contributed by atoms with E-state index in [0.717, 1.165) is 36.4 Å². The second-order valence-electron chi connectivity index (χ2n) is 6.94. The van der Waals surface area contributed by atoms with Crippen molar-refractivity contribution in [2.75, 3.05) is 13.1 Å². The summed E-state index contributed by atoms with van der Waals surface area (Å²) in [5.74, 6) is 0.0391. The minimum absolute atomic E-state index is 0.0391. The summed E-state index contributed by atoms with van der Waals surface area (Å²) in [7, 11) is 0. The zero-order valence-corrected chi connectivity index (χ0v) is 16.5. The van der Waals surface area contributed by atoms with Crippen LogP contribution in [0, 0.1) is 0 Å². The maximum atomic E-state index is 13.3. The SMILES string of the molecule is O=C(NCc1ccccc1Sc1ccccc1)C1(n2cccn2)CCNCC1. The Labute approximate surface area is 169 Å². The molecule has 1 saturated heterocycles. The van der Waals surface area contributed by atoms with Crippen LogP contribution in [0.1, 0.15) is 18.4 Å². The van der Waals surface area contributed by atoms with E-state index in [4.69, 9.17) is 0 Å². The molecule has 1 aromatic heterocycles. The lowest BCUT2D eigenvalue weighted by Gasteiger charge is -2.36. The molecule has 0 spiro atoms. The molecule has 0 aliphatic carbocycles. The summed E-state index contributed by atoms with van der Waals surface area (Å²) in [6.45, 7) is 2.13. The Morgan fingerprint density at radius 1 is 1.07 bits per heavy atom. The highest BCUT2D eigenvalue weighted by atomic mass is 32.2. The highest BCUT2D eigenvalue weighted by molar-refractivity contribution is 7.99. The van der Waals surface area contributed by atoms with Gasteiger partial charge in [0.15, 0.2) is 0 Å². The number of hydrogen-bond acceptors (Lipinski definition) is 4. The largest absolute Gasteiger partial charge is 0.350 e. The second-order valence-corrected chi connectivity index (χ2v) is 8.05. The third-order valence-electron chi connectivity index (χ3n) is 5.18. The summed E-state index contributed by atoms with van der Waals surface area (Å²) >= 11 is 1.72. The van der Waals surface area contributed by atoms with Gasteiger partial charge < -0.3 is 10.6 Å². The van der Waals surface area contributed by atoms with E-state index in [1.54, 1.807) is 18.0 Å². The molecule has 2 N–H and O–H groups in total. The molecule has 144 valence electrons. The normalized spacial score (nSPS) is 15.9. The molecule has 2 aromatic carbocycles. The fraction of sp³-hybridized carbons (Fsp3) is 0.273. The van der Waals surface area contributed by atoms with Gasteiger partial charge in [-0.25, -0.2) is 0 Å². The summed E-state index contributed by atoms with van der Waals surface area (Å²) < 4.78 is 1.83. The molecule has 2 heterocycles. The topological polar surface area (TPSA) is 59.0 Å². The molecule has 28 heavy (non-hydrogen) atoms. The summed E-state index contributed by atoms with van der Waals surface area (Å²) in [6, 6.07) is 20.4. The molecule has 0 saturated carbocycles. The Bertz CT molecular complexity index is 905. The molecule has 6 heteroatoms. The van der Waals surface area contributed by atoms with Crippen LogP contribution in [0.2, 0.25) is 0 Å². The van der Waals surface area contributed by atoms with Gasteiger partial charge in [-0.1, -0.05) is 48.2 Å². The summed E-state index contributed by atoms with van der Waals surface area (Å²) in [6.07, 6.45) is 5.11. The van der Waals surface area contributed by atoms with E-state index in [9.17, 15) is 4.79 Å². The molecule has 0 radical (unpaired) electrons. The van der Waals surface area contributed by atoms with E-state index < -0.39 is 5.54 Å². The number of rotatable bonds is 6. The van der Waals surface area contributed by atoms with Crippen molar-refractivity contribution < 1.29 is 4.79 Å². The fourth-order valence-corrected chi connectivity index (χ4v) is 4.59. The number of hydrogen-bond donors (Lipinski definition) is 2. The van der Waals surface area contributed by atoms with Crippen molar-refractivity contribution in [1.82, 2.24) is 20.4 Å².